The zero-order valence-electron chi connectivity index (χ0n) is 11.1. The fourth-order valence-electron chi connectivity index (χ4n) is 2.60. The molecule has 1 aliphatic rings. The summed E-state index contributed by atoms with van der Waals surface area (Å²) in [6.07, 6.45) is 0. The molecule has 1 aliphatic heterocycles. The number of rotatable bonds is 2. The van der Waals surface area contributed by atoms with E-state index in [9.17, 15) is 0 Å². The largest absolute Gasteiger partial charge is 0.384 e. The second-order valence-electron chi connectivity index (χ2n) is 4.98. The van der Waals surface area contributed by atoms with Crippen LogP contribution in [0.5, 0.6) is 0 Å². The summed E-state index contributed by atoms with van der Waals surface area (Å²) in [6.45, 7) is 0.779. The summed E-state index contributed by atoms with van der Waals surface area (Å²) in [5.41, 5.74) is 3.23. The van der Waals surface area contributed by atoms with E-state index < -0.39 is 0 Å². The predicted octanol–water partition coefficient (Wildman–Crippen LogP) is 3.95. The lowest BCUT2D eigenvalue weighted by molar-refractivity contribution is 0.371. The van der Waals surface area contributed by atoms with Gasteiger partial charge in [-0.3, -0.25) is 0 Å². The van der Waals surface area contributed by atoms with E-state index in [0.717, 1.165) is 17.8 Å². The molecule has 5 heteroatoms. The van der Waals surface area contributed by atoms with E-state index in [2.05, 4.69) is 27.6 Å². The van der Waals surface area contributed by atoms with Gasteiger partial charge in [0.15, 0.2) is 0 Å². The Morgan fingerprint density at radius 1 is 1.10 bits per heavy atom. The molecular weight excluding hydrogens is 286 g/mol. The molecule has 1 unspecified atom stereocenters. The van der Waals surface area contributed by atoms with Crippen molar-refractivity contribution < 1.29 is 4.52 Å². The van der Waals surface area contributed by atoms with Crippen LogP contribution in [0.3, 0.4) is 0 Å². The Balaban J connectivity index is 1.68. The van der Waals surface area contributed by atoms with Crippen molar-refractivity contribution in [3.8, 4) is 11.4 Å². The Morgan fingerprint density at radius 2 is 1.90 bits per heavy atom. The number of fused-ring (bicyclic) bond motifs is 1. The van der Waals surface area contributed by atoms with Gasteiger partial charge in [-0.25, -0.2) is 0 Å². The Bertz CT molecular complexity index is 782. The van der Waals surface area contributed by atoms with Crippen LogP contribution in [0.1, 0.15) is 17.4 Å². The van der Waals surface area contributed by atoms with Gasteiger partial charge in [0, 0.05) is 22.8 Å². The minimum Gasteiger partial charge on any atom is -0.384 e. The molecule has 0 fully saturated rings. The van der Waals surface area contributed by atoms with Crippen LogP contribution in [0, 0.1) is 0 Å². The molecule has 0 saturated carbocycles. The fraction of sp³-hybridized carbons (Fsp3) is 0.125. The second-order valence-corrected chi connectivity index (χ2v) is 5.42. The molecule has 0 saturated heterocycles. The Kier molecular flexibility index (Phi) is 2.89. The molecule has 104 valence electrons. The lowest BCUT2D eigenvalue weighted by Crippen LogP contribution is -2.04. The Hall–Kier alpha value is -2.33. The molecule has 1 aromatic heterocycles. The summed E-state index contributed by atoms with van der Waals surface area (Å²) in [5, 5.41) is 8.13. The van der Waals surface area contributed by atoms with E-state index in [4.69, 9.17) is 16.1 Å². The molecule has 2 aromatic carbocycles. The molecule has 0 amide bonds. The van der Waals surface area contributed by atoms with Gasteiger partial charge in [0.05, 0.1) is 5.92 Å². The monoisotopic (exact) mass is 297 g/mol. The molecule has 1 atom stereocenters. The summed E-state index contributed by atoms with van der Waals surface area (Å²) in [4.78, 5) is 4.53. The summed E-state index contributed by atoms with van der Waals surface area (Å²) in [7, 11) is 0. The van der Waals surface area contributed by atoms with Crippen molar-refractivity contribution >= 4 is 17.3 Å². The van der Waals surface area contributed by atoms with Gasteiger partial charge in [-0.05, 0) is 35.9 Å². The predicted molar refractivity (Wildman–Crippen MR) is 81.5 cm³/mol. The lowest BCUT2D eigenvalue weighted by atomic mass is 10.0. The van der Waals surface area contributed by atoms with Gasteiger partial charge in [0.25, 0.3) is 0 Å². The first-order valence-corrected chi connectivity index (χ1v) is 7.11. The number of hydrogen-bond acceptors (Lipinski definition) is 4. The number of halogens is 1. The van der Waals surface area contributed by atoms with Gasteiger partial charge in [0.2, 0.25) is 11.7 Å². The first kappa shape index (κ1) is 12.4. The molecule has 21 heavy (non-hydrogen) atoms. The van der Waals surface area contributed by atoms with Crippen LogP contribution in [0.15, 0.2) is 53.1 Å². The first-order chi connectivity index (χ1) is 10.3. The molecule has 1 N–H and O–H groups in total. The quantitative estimate of drug-likeness (QED) is 0.778. The molecule has 0 bridgehead atoms. The number of anilines is 1. The molecule has 0 spiro atoms. The van der Waals surface area contributed by atoms with Crippen LogP contribution in [0.4, 0.5) is 5.69 Å². The van der Waals surface area contributed by atoms with Crippen molar-refractivity contribution in [2.24, 2.45) is 0 Å². The van der Waals surface area contributed by atoms with Gasteiger partial charge < -0.3 is 9.84 Å². The maximum Gasteiger partial charge on any atom is 0.236 e. The standard InChI is InChI=1S/C16H12ClN3O/c17-11-7-5-10(6-8-11)15-19-16(21-20-15)13-9-18-14-4-2-1-3-12(13)14/h1-8,13,18H,9H2. The van der Waals surface area contributed by atoms with Crippen molar-refractivity contribution in [3.63, 3.8) is 0 Å². The van der Waals surface area contributed by atoms with E-state index in [1.54, 1.807) is 0 Å². The molecule has 4 nitrogen and oxygen atoms in total. The van der Waals surface area contributed by atoms with E-state index in [0.29, 0.717) is 16.7 Å². The number of nitrogens with one attached hydrogen (secondary N) is 1. The number of benzene rings is 2. The number of aromatic nitrogens is 2. The molecule has 0 aliphatic carbocycles. The third-order valence-electron chi connectivity index (χ3n) is 3.68. The van der Waals surface area contributed by atoms with Crippen LogP contribution in [0.25, 0.3) is 11.4 Å². The van der Waals surface area contributed by atoms with Crippen molar-refractivity contribution in [2.45, 2.75) is 5.92 Å². The third-order valence-corrected chi connectivity index (χ3v) is 3.93. The maximum atomic E-state index is 5.89. The van der Waals surface area contributed by atoms with Crippen molar-refractivity contribution in [1.29, 1.82) is 0 Å². The average molecular weight is 298 g/mol. The van der Waals surface area contributed by atoms with Crippen molar-refractivity contribution in [1.82, 2.24) is 10.1 Å². The average Bonchev–Trinajstić information content (AvgIpc) is 3.14. The summed E-state index contributed by atoms with van der Waals surface area (Å²) < 4.78 is 5.46. The third kappa shape index (κ3) is 2.17. The van der Waals surface area contributed by atoms with Crippen LogP contribution < -0.4 is 5.32 Å². The van der Waals surface area contributed by atoms with Gasteiger partial charge in [-0.15, -0.1) is 0 Å². The van der Waals surface area contributed by atoms with Gasteiger partial charge in [-0.2, -0.15) is 4.98 Å². The van der Waals surface area contributed by atoms with Crippen molar-refractivity contribution in [2.75, 3.05) is 11.9 Å². The van der Waals surface area contributed by atoms with Crippen LogP contribution in [0.2, 0.25) is 5.02 Å². The minimum atomic E-state index is 0.106. The molecule has 4 rings (SSSR count). The summed E-state index contributed by atoms with van der Waals surface area (Å²) in [6, 6.07) is 15.6. The molecule has 2 heterocycles. The number of para-hydroxylation sites is 1. The highest BCUT2D eigenvalue weighted by Gasteiger charge is 2.28. The Labute approximate surface area is 126 Å². The topological polar surface area (TPSA) is 51.0 Å². The second kappa shape index (κ2) is 4.90. The number of hydrogen-bond donors (Lipinski definition) is 1. The molecular formula is C16H12ClN3O. The summed E-state index contributed by atoms with van der Waals surface area (Å²) >= 11 is 5.89. The lowest BCUT2D eigenvalue weighted by Gasteiger charge is -2.03. The highest BCUT2D eigenvalue weighted by atomic mass is 35.5. The Morgan fingerprint density at radius 3 is 2.76 bits per heavy atom. The maximum absolute atomic E-state index is 5.89. The van der Waals surface area contributed by atoms with Crippen molar-refractivity contribution in [3.05, 3.63) is 65.0 Å². The zero-order chi connectivity index (χ0) is 14.2. The van der Waals surface area contributed by atoms with E-state index in [1.165, 1.54) is 5.56 Å². The van der Waals surface area contributed by atoms with E-state index in [1.807, 2.05) is 36.4 Å². The van der Waals surface area contributed by atoms with Crippen LogP contribution in [-0.4, -0.2) is 16.7 Å². The highest BCUT2D eigenvalue weighted by molar-refractivity contribution is 6.30. The van der Waals surface area contributed by atoms with Crippen LogP contribution >= 0.6 is 11.6 Å². The van der Waals surface area contributed by atoms with E-state index in [-0.39, 0.29) is 5.92 Å². The van der Waals surface area contributed by atoms with Gasteiger partial charge >= 0.3 is 0 Å². The highest BCUT2D eigenvalue weighted by Crippen LogP contribution is 2.35. The number of nitrogens with zero attached hydrogens (tertiary/aromatic N) is 2. The normalized spacial score (nSPS) is 16.5. The first-order valence-electron chi connectivity index (χ1n) is 6.73. The fourth-order valence-corrected chi connectivity index (χ4v) is 2.72. The minimum absolute atomic E-state index is 0.106. The van der Waals surface area contributed by atoms with Gasteiger partial charge in [0.1, 0.15) is 0 Å². The zero-order valence-corrected chi connectivity index (χ0v) is 11.8. The molecule has 3 aromatic rings. The SMILES string of the molecule is Clc1ccc(-c2noc(C3CNc4ccccc43)n2)cc1. The summed E-state index contributed by atoms with van der Waals surface area (Å²) in [5.74, 6) is 1.33. The van der Waals surface area contributed by atoms with Crippen LogP contribution in [-0.2, 0) is 0 Å². The smallest absolute Gasteiger partial charge is 0.236 e. The van der Waals surface area contributed by atoms with Gasteiger partial charge in [-0.1, -0.05) is 35.0 Å². The van der Waals surface area contributed by atoms with E-state index >= 15 is 0 Å². The molecule has 0 radical (unpaired) electrons.